The second-order valence-corrected chi connectivity index (χ2v) is 8.77. The van der Waals surface area contributed by atoms with E-state index < -0.39 is 15.8 Å². The van der Waals surface area contributed by atoms with E-state index in [2.05, 4.69) is 5.32 Å². The van der Waals surface area contributed by atoms with Gasteiger partial charge in [-0.1, -0.05) is 26.0 Å². The summed E-state index contributed by atoms with van der Waals surface area (Å²) in [6.45, 7) is 7.99. The Labute approximate surface area is 149 Å². The van der Waals surface area contributed by atoms with Crippen LogP contribution in [0, 0.1) is 11.7 Å². The Balaban J connectivity index is 1.91. The summed E-state index contributed by atoms with van der Waals surface area (Å²) in [5.41, 5.74) is 0. The SMILES string of the molecule is CC(C)[C@H](C)NC(=O)C[NH+]1CCN(S(=O)(=O)c2ccccc2F)CC1. The van der Waals surface area contributed by atoms with Crippen LogP contribution in [0.4, 0.5) is 4.39 Å². The zero-order valence-corrected chi connectivity index (χ0v) is 15.8. The molecule has 1 amide bonds. The number of amides is 1. The summed E-state index contributed by atoms with van der Waals surface area (Å²) in [5.74, 6) is -0.400. The first-order valence-electron chi connectivity index (χ1n) is 8.59. The van der Waals surface area contributed by atoms with Crippen molar-refractivity contribution in [3.8, 4) is 0 Å². The van der Waals surface area contributed by atoms with Crippen LogP contribution in [0.5, 0.6) is 0 Å². The van der Waals surface area contributed by atoms with Gasteiger partial charge in [0.15, 0.2) is 6.54 Å². The number of benzene rings is 1. The Morgan fingerprint density at radius 2 is 1.84 bits per heavy atom. The normalized spacial score (nSPS) is 18.3. The Morgan fingerprint density at radius 3 is 2.40 bits per heavy atom. The summed E-state index contributed by atoms with van der Waals surface area (Å²) in [4.78, 5) is 12.8. The van der Waals surface area contributed by atoms with Crippen molar-refractivity contribution in [1.82, 2.24) is 9.62 Å². The van der Waals surface area contributed by atoms with Crippen molar-refractivity contribution in [2.45, 2.75) is 31.7 Å². The molecule has 1 saturated heterocycles. The zero-order valence-electron chi connectivity index (χ0n) is 15.0. The third-order valence-corrected chi connectivity index (χ3v) is 6.62. The van der Waals surface area contributed by atoms with Gasteiger partial charge < -0.3 is 10.2 Å². The van der Waals surface area contributed by atoms with Crippen molar-refractivity contribution < 1.29 is 22.5 Å². The van der Waals surface area contributed by atoms with Gasteiger partial charge in [0.05, 0.1) is 26.2 Å². The van der Waals surface area contributed by atoms with Crippen molar-refractivity contribution in [3.63, 3.8) is 0 Å². The van der Waals surface area contributed by atoms with E-state index in [-0.39, 0.29) is 29.9 Å². The number of nitrogens with zero attached hydrogens (tertiary/aromatic N) is 1. The van der Waals surface area contributed by atoms with Crippen LogP contribution in [0.15, 0.2) is 29.2 Å². The van der Waals surface area contributed by atoms with Crippen molar-refractivity contribution in [2.75, 3.05) is 32.7 Å². The van der Waals surface area contributed by atoms with Gasteiger partial charge in [0.1, 0.15) is 10.7 Å². The molecule has 0 saturated carbocycles. The van der Waals surface area contributed by atoms with Crippen molar-refractivity contribution in [2.24, 2.45) is 5.92 Å². The molecular formula is C17H27FN3O3S+. The maximum Gasteiger partial charge on any atom is 0.275 e. The van der Waals surface area contributed by atoms with Gasteiger partial charge in [-0.25, -0.2) is 12.8 Å². The Morgan fingerprint density at radius 1 is 1.24 bits per heavy atom. The van der Waals surface area contributed by atoms with Crippen LogP contribution in [0.2, 0.25) is 0 Å². The average Bonchev–Trinajstić information content (AvgIpc) is 2.55. The monoisotopic (exact) mass is 372 g/mol. The number of hydrogen-bond acceptors (Lipinski definition) is 3. The molecule has 1 aliphatic heterocycles. The second-order valence-electron chi connectivity index (χ2n) is 6.86. The van der Waals surface area contributed by atoms with Crippen LogP contribution >= 0.6 is 0 Å². The van der Waals surface area contributed by atoms with Crippen molar-refractivity contribution in [1.29, 1.82) is 0 Å². The molecule has 1 aliphatic rings. The molecule has 2 rings (SSSR count). The van der Waals surface area contributed by atoms with Gasteiger partial charge in [-0.3, -0.25) is 4.79 Å². The lowest BCUT2D eigenvalue weighted by atomic mass is 10.1. The van der Waals surface area contributed by atoms with E-state index in [0.29, 0.717) is 25.6 Å². The number of piperazine rings is 1. The molecule has 0 unspecified atom stereocenters. The molecule has 0 aromatic heterocycles. The fourth-order valence-corrected chi connectivity index (χ4v) is 4.22. The standard InChI is InChI=1S/C17H26FN3O3S/c1-13(2)14(3)19-17(22)12-20-8-10-21(11-9-20)25(23,24)16-7-5-4-6-15(16)18/h4-7,13-14H,8-12H2,1-3H3,(H,19,22)/p+1/t14-/m0/s1. The molecule has 0 aliphatic carbocycles. The van der Waals surface area contributed by atoms with Gasteiger partial charge in [0, 0.05) is 6.04 Å². The molecule has 25 heavy (non-hydrogen) atoms. The summed E-state index contributed by atoms with van der Waals surface area (Å²) in [6.07, 6.45) is 0. The summed E-state index contributed by atoms with van der Waals surface area (Å²) >= 11 is 0. The topological polar surface area (TPSA) is 70.9 Å². The smallest absolute Gasteiger partial charge is 0.275 e. The van der Waals surface area contributed by atoms with Gasteiger partial charge in [-0.05, 0) is 25.0 Å². The van der Waals surface area contributed by atoms with Gasteiger partial charge in [-0.15, -0.1) is 0 Å². The van der Waals surface area contributed by atoms with Gasteiger partial charge in [0.25, 0.3) is 5.91 Å². The highest BCUT2D eigenvalue weighted by molar-refractivity contribution is 7.89. The number of rotatable bonds is 6. The minimum atomic E-state index is -3.83. The summed E-state index contributed by atoms with van der Waals surface area (Å²) < 4.78 is 40.2. The average molecular weight is 372 g/mol. The van der Waals surface area contributed by atoms with Crippen LogP contribution in [-0.2, 0) is 14.8 Å². The van der Waals surface area contributed by atoms with E-state index in [0.717, 1.165) is 11.0 Å². The molecule has 6 nitrogen and oxygen atoms in total. The van der Waals surface area contributed by atoms with Crippen LogP contribution in [-0.4, -0.2) is 57.4 Å². The molecule has 140 valence electrons. The van der Waals surface area contributed by atoms with Crippen LogP contribution in [0.1, 0.15) is 20.8 Å². The maximum atomic E-state index is 13.8. The first-order valence-corrected chi connectivity index (χ1v) is 10.0. The molecule has 0 bridgehead atoms. The predicted octanol–water partition coefficient (Wildman–Crippen LogP) is -0.124. The highest BCUT2D eigenvalue weighted by atomic mass is 32.2. The summed E-state index contributed by atoms with van der Waals surface area (Å²) in [6, 6.07) is 5.51. The third-order valence-electron chi connectivity index (χ3n) is 4.68. The Hall–Kier alpha value is -1.51. The van der Waals surface area contributed by atoms with Crippen molar-refractivity contribution >= 4 is 15.9 Å². The van der Waals surface area contributed by atoms with Crippen LogP contribution in [0.3, 0.4) is 0 Å². The number of hydrogen-bond donors (Lipinski definition) is 2. The molecule has 1 fully saturated rings. The molecule has 1 atom stereocenters. The summed E-state index contributed by atoms with van der Waals surface area (Å²) in [7, 11) is -3.83. The van der Waals surface area contributed by atoms with E-state index >= 15 is 0 Å². The van der Waals surface area contributed by atoms with E-state index in [9.17, 15) is 17.6 Å². The Bertz CT molecular complexity index is 701. The maximum absolute atomic E-state index is 13.8. The van der Waals surface area contributed by atoms with Crippen molar-refractivity contribution in [3.05, 3.63) is 30.1 Å². The van der Waals surface area contributed by atoms with Gasteiger partial charge in [0.2, 0.25) is 10.0 Å². The lowest BCUT2D eigenvalue weighted by Gasteiger charge is -2.31. The van der Waals surface area contributed by atoms with Crippen LogP contribution in [0.25, 0.3) is 0 Å². The number of halogens is 1. The predicted molar refractivity (Wildman–Crippen MR) is 93.2 cm³/mol. The number of carbonyl (C=O) groups excluding carboxylic acids is 1. The minimum absolute atomic E-state index is 0.0263. The Kier molecular flexibility index (Phi) is 6.53. The first-order chi connectivity index (χ1) is 11.7. The second kappa shape index (κ2) is 8.25. The quantitative estimate of drug-likeness (QED) is 0.731. The third kappa shape index (κ3) is 4.99. The molecule has 0 radical (unpaired) electrons. The fourth-order valence-electron chi connectivity index (χ4n) is 2.71. The molecule has 1 aromatic rings. The molecule has 8 heteroatoms. The van der Waals surface area contributed by atoms with Gasteiger partial charge in [-0.2, -0.15) is 4.31 Å². The fraction of sp³-hybridized carbons (Fsp3) is 0.588. The van der Waals surface area contributed by atoms with E-state index in [1.165, 1.54) is 22.5 Å². The lowest BCUT2D eigenvalue weighted by molar-refractivity contribution is -0.895. The largest absolute Gasteiger partial charge is 0.348 e. The number of quaternary nitrogens is 1. The molecule has 2 N–H and O–H groups in total. The summed E-state index contributed by atoms with van der Waals surface area (Å²) in [5, 5.41) is 2.96. The first kappa shape index (κ1) is 19.8. The van der Waals surface area contributed by atoms with Gasteiger partial charge >= 0.3 is 0 Å². The highest BCUT2D eigenvalue weighted by Crippen LogP contribution is 2.18. The van der Waals surface area contributed by atoms with Crippen LogP contribution < -0.4 is 10.2 Å². The minimum Gasteiger partial charge on any atom is -0.348 e. The molecule has 1 aromatic carbocycles. The zero-order chi connectivity index (χ0) is 18.6. The highest BCUT2D eigenvalue weighted by Gasteiger charge is 2.32. The van der Waals surface area contributed by atoms with E-state index in [1.807, 2.05) is 20.8 Å². The molecule has 0 spiro atoms. The number of sulfonamides is 1. The van der Waals surface area contributed by atoms with E-state index in [4.69, 9.17) is 0 Å². The molecule has 1 heterocycles. The number of nitrogens with one attached hydrogen (secondary N) is 2. The number of carbonyl (C=O) groups is 1. The lowest BCUT2D eigenvalue weighted by Crippen LogP contribution is -3.15. The molecular weight excluding hydrogens is 345 g/mol. The van der Waals surface area contributed by atoms with E-state index in [1.54, 1.807) is 0 Å².